The number of piperazine rings is 1. The molecule has 2 aliphatic rings. The number of likely N-dealkylation sites (N-methyl/N-ethyl adjacent to an activating group) is 1. The number of aromatic nitrogens is 2. The van der Waals surface area contributed by atoms with Crippen LogP contribution in [0.3, 0.4) is 0 Å². The van der Waals surface area contributed by atoms with E-state index in [4.69, 9.17) is 14.6 Å². The van der Waals surface area contributed by atoms with Crippen LogP contribution in [0.4, 0.5) is 0 Å². The van der Waals surface area contributed by atoms with E-state index in [1.165, 1.54) is 0 Å². The lowest BCUT2D eigenvalue weighted by Gasteiger charge is -2.31. The number of hydrogen-bond acceptors (Lipinski definition) is 6. The number of nitriles is 1. The second-order valence-electron chi connectivity index (χ2n) is 8.77. The fraction of sp³-hybridized carbons (Fsp3) is 0.296. The number of methoxy groups -OCH3 is 1. The Morgan fingerprint density at radius 1 is 1.09 bits per heavy atom. The predicted molar refractivity (Wildman–Crippen MR) is 134 cm³/mol. The number of aryl methyl sites for hydroxylation is 1. The average molecular weight is 469 g/mol. The second-order valence-corrected chi connectivity index (χ2v) is 8.77. The van der Waals surface area contributed by atoms with Crippen LogP contribution in [0, 0.1) is 18.3 Å². The zero-order valence-corrected chi connectivity index (χ0v) is 20.2. The Morgan fingerprint density at radius 2 is 1.80 bits per heavy atom. The molecule has 0 N–H and O–H groups in total. The average Bonchev–Trinajstić information content (AvgIpc) is 3.23. The molecule has 8 heteroatoms. The van der Waals surface area contributed by atoms with E-state index in [2.05, 4.69) is 27.9 Å². The van der Waals surface area contributed by atoms with Crippen molar-refractivity contribution < 1.29 is 9.47 Å². The SMILES string of the molecule is COc1ccc(C2C(C#N)=C(N=CN3CCN(C)CC3)Oc3c2c(C)nn3-c2ccccc2)cc1. The van der Waals surface area contributed by atoms with E-state index in [-0.39, 0.29) is 5.92 Å². The minimum Gasteiger partial charge on any atom is -0.497 e. The van der Waals surface area contributed by atoms with Crippen LogP contribution in [0.15, 0.2) is 71.0 Å². The van der Waals surface area contributed by atoms with Gasteiger partial charge in [-0.1, -0.05) is 30.3 Å². The fourth-order valence-electron chi connectivity index (χ4n) is 4.52. The molecule has 0 radical (unpaired) electrons. The van der Waals surface area contributed by atoms with E-state index >= 15 is 0 Å². The lowest BCUT2D eigenvalue weighted by Crippen LogP contribution is -2.43. The number of ether oxygens (including phenoxy) is 2. The summed E-state index contributed by atoms with van der Waals surface area (Å²) in [6, 6.07) is 20.0. The summed E-state index contributed by atoms with van der Waals surface area (Å²) >= 11 is 0. The number of para-hydroxylation sites is 1. The van der Waals surface area contributed by atoms with Gasteiger partial charge in [-0.05, 0) is 43.8 Å². The van der Waals surface area contributed by atoms with Gasteiger partial charge in [0.25, 0.3) is 0 Å². The second kappa shape index (κ2) is 9.65. The first kappa shape index (κ1) is 22.7. The minimum absolute atomic E-state index is 0.303. The lowest BCUT2D eigenvalue weighted by atomic mass is 9.84. The molecule has 1 aromatic heterocycles. The highest BCUT2D eigenvalue weighted by molar-refractivity contribution is 5.62. The number of nitrogens with zero attached hydrogens (tertiary/aromatic N) is 6. The van der Waals surface area contributed by atoms with Crippen LogP contribution >= 0.6 is 0 Å². The summed E-state index contributed by atoms with van der Waals surface area (Å²) < 4.78 is 13.5. The first-order valence-electron chi connectivity index (χ1n) is 11.7. The summed E-state index contributed by atoms with van der Waals surface area (Å²) in [5.74, 6) is 1.29. The molecule has 0 spiro atoms. The van der Waals surface area contributed by atoms with Crippen molar-refractivity contribution in [3.8, 4) is 23.4 Å². The largest absolute Gasteiger partial charge is 0.497 e. The fourth-order valence-corrected chi connectivity index (χ4v) is 4.52. The van der Waals surface area contributed by atoms with E-state index in [9.17, 15) is 5.26 Å². The van der Waals surface area contributed by atoms with E-state index in [1.807, 2.05) is 61.5 Å². The van der Waals surface area contributed by atoms with Gasteiger partial charge in [0.1, 0.15) is 17.4 Å². The van der Waals surface area contributed by atoms with E-state index < -0.39 is 0 Å². The molecule has 2 aliphatic heterocycles. The molecule has 1 atom stereocenters. The number of aliphatic imine (C=N–C) groups is 1. The first-order valence-corrected chi connectivity index (χ1v) is 11.7. The quantitative estimate of drug-likeness (QED) is 0.420. The van der Waals surface area contributed by atoms with Gasteiger partial charge >= 0.3 is 0 Å². The van der Waals surface area contributed by atoms with Crippen LogP contribution in [0.2, 0.25) is 0 Å². The monoisotopic (exact) mass is 468 g/mol. The first-order chi connectivity index (χ1) is 17.1. The summed E-state index contributed by atoms with van der Waals surface area (Å²) in [5.41, 5.74) is 3.97. The molecule has 8 nitrogen and oxygen atoms in total. The van der Waals surface area contributed by atoms with Gasteiger partial charge in [0.15, 0.2) is 0 Å². The molecule has 178 valence electrons. The van der Waals surface area contributed by atoms with Gasteiger partial charge in [0.2, 0.25) is 11.8 Å². The van der Waals surface area contributed by atoms with Gasteiger partial charge in [0, 0.05) is 26.2 Å². The molecule has 0 bridgehead atoms. The summed E-state index contributed by atoms with van der Waals surface area (Å²) in [7, 11) is 3.75. The van der Waals surface area contributed by atoms with E-state index in [1.54, 1.807) is 18.1 Å². The Kier molecular flexibility index (Phi) is 6.25. The lowest BCUT2D eigenvalue weighted by molar-refractivity contribution is 0.219. The third-order valence-corrected chi connectivity index (χ3v) is 6.51. The number of allylic oxidation sites excluding steroid dienone is 1. The Morgan fingerprint density at radius 3 is 2.46 bits per heavy atom. The Labute approximate surface area is 205 Å². The summed E-state index contributed by atoms with van der Waals surface area (Å²) in [5, 5.41) is 15.1. The smallest absolute Gasteiger partial charge is 0.237 e. The third-order valence-electron chi connectivity index (χ3n) is 6.51. The zero-order valence-electron chi connectivity index (χ0n) is 20.2. The van der Waals surface area contributed by atoms with E-state index in [0.29, 0.717) is 17.3 Å². The molecule has 1 saturated heterocycles. The third kappa shape index (κ3) is 4.38. The Hall–Kier alpha value is -4.09. The van der Waals surface area contributed by atoms with E-state index in [0.717, 1.165) is 54.4 Å². The van der Waals surface area contributed by atoms with Gasteiger partial charge in [-0.15, -0.1) is 0 Å². The predicted octanol–water partition coefficient (Wildman–Crippen LogP) is 3.72. The number of hydrogen-bond donors (Lipinski definition) is 0. The molecule has 1 fully saturated rings. The number of benzene rings is 2. The molecule has 1 unspecified atom stereocenters. The molecule has 35 heavy (non-hydrogen) atoms. The van der Waals surface area contributed by atoms with Crippen LogP contribution in [0.25, 0.3) is 5.69 Å². The van der Waals surface area contributed by atoms with Gasteiger partial charge in [-0.3, -0.25) is 0 Å². The summed E-state index contributed by atoms with van der Waals surface area (Å²) in [6.45, 7) is 5.64. The molecule has 0 aliphatic carbocycles. The minimum atomic E-state index is -0.355. The van der Waals surface area contributed by atoms with Crippen LogP contribution in [0.1, 0.15) is 22.7 Å². The Bertz CT molecular complexity index is 1300. The van der Waals surface area contributed by atoms with Crippen LogP contribution in [0.5, 0.6) is 11.6 Å². The molecule has 0 saturated carbocycles. The summed E-state index contributed by atoms with van der Waals surface area (Å²) in [6.07, 6.45) is 1.80. The van der Waals surface area contributed by atoms with Crippen molar-refractivity contribution in [2.45, 2.75) is 12.8 Å². The maximum atomic E-state index is 10.3. The van der Waals surface area contributed by atoms with Crippen molar-refractivity contribution in [1.82, 2.24) is 19.6 Å². The van der Waals surface area contributed by atoms with Gasteiger partial charge in [-0.2, -0.15) is 10.4 Å². The number of rotatable bonds is 5. The molecule has 0 amide bonds. The van der Waals surface area contributed by atoms with Crippen molar-refractivity contribution >= 4 is 6.34 Å². The van der Waals surface area contributed by atoms with Crippen molar-refractivity contribution in [2.24, 2.45) is 4.99 Å². The summed E-state index contributed by atoms with van der Waals surface area (Å²) in [4.78, 5) is 9.13. The van der Waals surface area contributed by atoms with Crippen molar-refractivity contribution in [1.29, 1.82) is 5.26 Å². The highest BCUT2D eigenvalue weighted by Gasteiger charge is 2.37. The zero-order chi connectivity index (χ0) is 24.4. The van der Waals surface area contributed by atoms with Crippen molar-refractivity contribution in [3.05, 3.63) is 82.9 Å². The highest BCUT2D eigenvalue weighted by atomic mass is 16.5. The molecule has 5 rings (SSSR count). The molecule has 3 heterocycles. The van der Waals surface area contributed by atoms with Crippen LogP contribution in [-0.4, -0.2) is 66.3 Å². The van der Waals surface area contributed by atoms with Crippen molar-refractivity contribution in [3.63, 3.8) is 0 Å². The molecular weight excluding hydrogens is 440 g/mol. The van der Waals surface area contributed by atoms with Gasteiger partial charge < -0.3 is 19.3 Å². The molecular formula is C27H28N6O2. The Balaban J connectivity index is 1.62. The van der Waals surface area contributed by atoms with Crippen LogP contribution < -0.4 is 9.47 Å². The topological polar surface area (TPSA) is 78.9 Å². The van der Waals surface area contributed by atoms with Gasteiger partial charge in [-0.25, -0.2) is 9.67 Å². The molecule has 3 aromatic rings. The maximum absolute atomic E-state index is 10.3. The maximum Gasteiger partial charge on any atom is 0.237 e. The molecule has 2 aromatic carbocycles. The highest BCUT2D eigenvalue weighted by Crippen LogP contribution is 2.46. The van der Waals surface area contributed by atoms with Crippen LogP contribution in [-0.2, 0) is 0 Å². The van der Waals surface area contributed by atoms with Gasteiger partial charge in [0.05, 0.1) is 36.3 Å². The number of fused-ring (bicyclic) bond motifs is 1. The normalized spacial score (nSPS) is 18.3. The van der Waals surface area contributed by atoms with Crippen molar-refractivity contribution in [2.75, 3.05) is 40.3 Å². The standard InChI is InChI=1S/C27H28N6O2/c1-19-24-25(20-9-11-22(34-3)12-10-20)23(17-28)26(29-18-32-15-13-31(2)14-16-32)35-27(24)33(30-19)21-7-5-4-6-8-21/h4-12,18,25H,13-16H2,1-3H3.